The van der Waals surface area contributed by atoms with E-state index in [0.717, 1.165) is 12.5 Å². The Balaban J connectivity index is 1.70. The molecule has 0 amide bonds. The van der Waals surface area contributed by atoms with Gasteiger partial charge in [0.05, 0.1) is 6.07 Å². The lowest BCUT2D eigenvalue weighted by Crippen LogP contribution is -2.54. The molecule has 0 unspecified atom stereocenters. The molecule has 2 rings (SSSR count). The summed E-state index contributed by atoms with van der Waals surface area (Å²) in [6.07, 6.45) is 3.38. The van der Waals surface area contributed by atoms with Gasteiger partial charge in [0, 0.05) is 25.6 Å². The first kappa shape index (κ1) is 9.95. The van der Waals surface area contributed by atoms with E-state index in [-0.39, 0.29) is 0 Å². The molecule has 0 aromatic rings. The SMILES string of the molecule is CN1CCC(N2CC(CC#N)C2)CC1. The van der Waals surface area contributed by atoms with Crippen LogP contribution >= 0.6 is 0 Å². The third kappa shape index (κ3) is 2.08. The van der Waals surface area contributed by atoms with E-state index in [4.69, 9.17) is 5.26 Å². The van der Waals surface area contributed by atoms with Crippen molar-refractivity contribution in [3.05, 3.63) is 0 Å². The second-order valence-electron chi connectivity index (χ2n) is 4.72. The summed E-state index contributed by atoms with van der Waals surface area (Å²) in [5.41, 5.74) is 0. The smallest absolute Gasteiger partial charge is 0.0625 e. The number of nitriles is 1. The van der Waals surface area contributed by atoms with Crippen LogP contribution in [-0.4, -0.2) is 49.1 Å². The lowest BCUT2D eigenvalue weighted by atomic mass is 9.91. The van der Waals surface area contributed by atoms with Gasteiger partial charge >= 0.3 is 0 Å². The Hall–Kier alpha value is -0.590. The molecule has 3 nitrogen and oxygen atoms in total. The molecule has 0 aromatic heterocycles. The summed E-state index contributed by atoms with van der Waals surface area (Å²) in [5.74, 6) is 0.666. The Morgan fingerprint density at radius 3 is 2.50 bits per heavy atom. The molecule has 2 heterocycles. The first-order valence-electron chi connectivity index (χ1n) is 5.59. The summed E-state index contributed by atoms with van der Waals surface area (Å²) < 4.78 is 0. The zero-order chi connectivity index (χ0) is 9.97. The normalized spacial score (nSPS) is 27.1. The van der Waals surface area contributed by atoms with E-state index in [1.807, 2.05) is 0 Å². The lowest BCUT2D eigenvalue weighted by molar-refractivity contribution is 0.0254. The molecule has 0 N–H and O–H groups in total. The van der Waals surface area contributed by atoms with Gasteiger partial charge in [0.2, 0.25) is 0 Å². The average molecular weight is 193 g/mol. The molecule has 0 spiro atoms. The van der Waals surface area contributed by atoms with E-state index < -0.39 is 0 Å². The second kappa shape index (κ2) is 4.29. The Bertz CT molecular complexity index is 219. The van der Waals surface area contributed by atoms with E-state index in [1.54, 1.807) is 0 Å². The van der Waals surface area contributed by atoms with Crippen molar-refractivity contribution in [1.82, 2.24) is 9.80 Å². The fraction of sp³-hybridized carbons (Fsp3) is 0.909. The molecule has 78 valence electrons. The van der Waals surface area contributed by atoms with Gasteiger partial charge in [-0.1, -0.05) is 0 Å². The first-order chi connectivity index (χ1) is 6.79. The topological polar surface area (TPSA) is 30.3 Å². The Morgan fingerprint density at radius 1 is 1.29 bits per heavy atom. The number of rotatable bonds is 2. The molecule has 0 saturated carbocycles. The van der Waals surface area contributed by atoms with Crippen molar-refractivity contribution in [3.8, 4) is 6.07 Å². The molecule has 0 aliphatic carbocycles. The minimum Gasteiger partial charge on any atom is -0.306 e. The third-order valence-electron chi connectivity index (χ3n) is 3.57. The molecule has 2 saturated heterocycles. The van der Waals surface area contributed by atoms with E-state index in [1.165, 1.54) is 39.0 Å². The molecule has 2 fully saturated rings. The number of hydrogen-bond acceptors (Lipinski definition) is 3. The average Bonchev–Trinajstić information content (AvgIpc) is 2.13. The second-order valence-corrected chi connectivity index (χ2v) is 4.72. The van der Waals surface area contributed by atoms with Crippen LogP contribution in [0.1, 0.15) is 19.3 Å². The van der Waals surface area contributed by atoms with Crippen LogP contribution in [0.2, 0.25) is 0 Å². The first-order valence-corrected chi connectivity index (χ1v) is 5.59. The highest BCUT2D eigenvalue weighted by Gasteiger charge is 2.33. The zero-order valence-electron chi connectivity index (χ0n) is 8.95. The van der Waals surface area contributed by atoms with Crippen molar-refractivity contribution in [3.63, 3.8) is 0 Å². The van der Waals surface area contributed by atoms with Crippen molar-refractivity contribution >= 4 is 0 Å². The van der Waals surface area contributed by atoms with Crippen LogP contribution in [0.3, 0.4) is 0 Å². The van der Waals surface area contributed by atoms with Crippen molar-refractivity contribution in [2.75, 3.05) is 33.2 Å². The van der Waals surface area contributed by atoms with E-state index in [0.29, 0.717) is 5.92 Å². The highest BCUT2D eigenvalue weighted by molar-refractivity contribution is 4.91. The summed E-state index contributed by atoms with van der Waals surface area (Å²) >= 11 is 0. The van der Waals surface area contributed by atoms with Crippen LogP contribution < -0.4 is 0 Å². The largest absolute Gasteiger partial charge is 0.306 e. The van der Waals surface area contributed by atoms with E-state index in [2.05, 4.69) is 22.9 Å². The van der Waals surface area contributed by atoms with Crippen molar-refractivity contribution in [1.29, 1.82) is 5.26 Å². The fourth-order valence-electron chi connectivity index (χ4n) is 2.53. The molecule has 14 heavy (non-hydrogen) atoms. The maximum atomic E-state index is 8.56. The maximum Gasteiger partial charge on any atom is 0.0625 e. The van der Waals surface area contributed by atoms with Gasteiger partial charge in [-0.25, -0.2) is 0 Å². The van der Waals surface area contributed by atoms with Crippen molar-refractivity contribution < 1.29 is 0 Å². The number of piperidine rings is 1. The van der Waals surface area contributed by atoms with Gasteiger partial charge in [-0.15, -0.1) is 0 Å². The minimum absolute atomic E-state index is 0.666. The van der Waals surface area contributed by atoms with Gasteiger partial charge in [0.1, 0.15) is 0 Å². The van der Waals surface area contributed by atoms with Crippen LogP contribution in [0.15, 0.2) is 0 Å². The minimum atomic E-state index is 0.666. The van der Waals surface area contributed by atoms with Crippen LogP contribution in [0.5, 0.6) is 0 Å². The van der Waals surface area contributed by atoms with Crippen LogP contribution in [0.25, 0.3) is 0 Å². The summed E-state index contributed by atoms with van der Waals surface area (Å²) in [6, 6.07) is 3.07. The molecular weight excluding hydrogens is 174 g/mol. The van der Waals surface area contributed by atoms with Crippen molar-refractivity contribution in [2.24, 2.45) is 5.92 Å². The number of hydrogen-bond donors (Lipinski definition) is 0. The third-order valence-corrected chi connectivity index (χ3v) is 3.57. The summed E-state index contributed by atoms with van der Waals surface area (Å²) in [5, 5.41) is 8.56. The van der Waals surface area contributed by atoms with Crippen LogP contribution in [0.4, 0.5) is 0 Å². The Labute approximate surface area is 86.3 Å². The van der Waals surface area contributed by atoms with Gasteiger partial charge in [-0.2, -0.15) is 5.26 Å². The predicted octanol–water partition coefficient (Wildman–Crippen LogP) is 0.926. The van der Waals surface area contributed by atoms with Gasteiger partial charge in [-0.3, -0.25) is 4.90 Å². The highest BCUT2D eigenvalue weighted by atomic mass is 15.2. The molecule has 2 aliphatic rings. The van der Waals surface area contributed by atoms with Crippen LogP contribution in [0, 0.1) is 17.2 Å². The molecule has 0 aromatic carbocycles. The molecule has 0 radical (unpaired) electrons. The van der Waals surface area contributed by atoms with Gasteiger partial charge < -0.3 is 4.90 Å². The van der Waals surface area contributed by atoms with E-state index >= 15 is 0 Å². The Morgan fingerprint density at radius 2 is 1.93 bits per heavy atom. The lowest BCUT2D eigenvalue weighted by Gasteiger charge is -2.46. The standard InChI is InChI=1S/C11H19N3/c1-13-6-3-11(4-7-13)14-8-10(9-14)2-5-12/h10-11H,2-4,6-9H2,1H3. The fourth-order valence-corrected chi connectivity index (χ4v) is 2.53. The molecular formula is C11H19N3. The number of likely N-dealkylation sites (tertiary alicyclic amines) is 2. The highest BCUT2D eigenvalue weighted by Crippen LogP contribution is 2.26. The number of nitrogens with zero attached hydrogens (tertiary/aromatic N) is 3. The maximum absolute atomic E-state index is 8.56. The molecule has 0 bridgehead atoms. The monoisotopic (exact) mass is 193 g/mol. The van der Waals surface area contributed by atoms with Gasteiger partial charge in [0.15, 0.2) is 0 Å². The molecule has 0 atom stereocenters. The van der Waals surface area contributed by atoms with Gasteiger partial charge in [-0.05, 0) is 38.9 Å². The van der Waals surface area contributed by atoms with Gasteiger partial charge in [0.25, 0.3) is 0 Å². The van der Waals surface area contributed by atoms with Crippen LogP contribution in [-0.2, 0) is 0 Å². The predicted molar refractivity (Wildman–Crippen MR) is 55.8 cm³/mol. The quantitative estimate of drug-likeness (QED) is 0.653. The summed E-state index contributed by atoms with van der Waals surface area (Å²) in [4.78, 5) is 4.97. The zero-order valence-corrected chi connectivity index (χ0v) is 8.95. The summed E-state index contributed by atoms with van der Waals surface area (Å²) in [6.45, 7) is 4.82. The van der Waals surface area contributed by atoms with E-state index in [9.17, 15) is 0 Å². The molecule has 3 heteroatoms. The Kier molecular flexibility index (Phi) is 3.05. The molecule has 2 aliphatic heterocycles. The van der Waals surface area contributed by atoms with Crippen molar-refractivity contribution in [2.45, 2.75) is 25.3 Å². The summed E-state index contributed by atoms with van der Waals surface area (Å²) in [7, 11) is 2.20.